The van der Waals surface area contributed by atoms with Crippen molar-refractivity contribution in [3.63, 3.8) is 0 Å². The Morgan fingerprint density at radius 2 is 2.00 bits per heavy atom. The van der Waals surface area contributed by atoms with Gasteiger partial charge in [-0.05, 0) is 19.2 Å². The van der Waals surface area contributed by atoms with Gasteiger partial charge in [0.1, 0.15) is 23.7 Å². The van der Waals surface area contributed by atoms with Crippen molar-refractivity contribution in [3.05, 3.63) is 53.3 Å². The Balaban J connectivity index is 2.02. The molecule has 5 nitrogen and oxygen atoms in total. The molecule has 0 aliphatic heterocycles. The number of fused-ring (bicyclic) bond motifs is 1. The topological polar surface area (TPSA) is 74.2 Å². The van der Waals surface area contributed by atoms with E-state index in [9.17, 15) is 0 Å². The molecule has 1 atom stereocenters. The quantitative estimate of drug-likeness (QED) is 0.796. The maximum Gasteiger partial charge on any atom is 0.145 e. The maximum atomic E-state index is 6.06. The van der Waals surface area contributed by atoms with Gasteiger partial charge in [0.25, 0.3) is 0 Å². The molecule has 1 heterocycles. The normalized spacial score (nSPS) is 12.5. The Labute approximate surface area is 122 Å². The van der Waals surface area contributed by atoms with Gasteiger partial charge < -0.3 is 10.5 Å². The third kappa shape index (κ3) is 2.60. The standard InChI is InChI=1S/C16H17N3O2/c1-10(17)13-8-7-12-5-3-4-6-14(12)16(13)20-9-15-11(2)18-21-19-15/h3-8,10H,9,17H2,1-2H3/t10-/m1/s1. The van der Waals surface area contributed by atoms with E-state index in [1.54, 1.807) is 0 Å². The predicted molar refractivity (Wildman–Crippen MR) is 79.9 cm³/mol. The first-order valence-corrected chi connectivity index (χ1v) is 6.85. The van der Waals surface area contributed by atoms with Crippen LogP contribution in [0.1, 0.15) is 29.9 Å². The first-order valence-electron chi connectivity index (χ1n) is 6.85. The van der Waals surface area contributed by atoms with E-state index in [1.165, 1.54) is 0 Å². The monoisotopic (exact) mass is 283 g/mol. The van der Waals surface area contributed by atoms with E-state index in [-0.39, 0.29) is 6.04 Å². The number of aryl methyl sites for hydroxylation is 1. The third-order valence-electron chi connectivity index (χ3n) is 3.50. The van der Waals surface area contributed by atoms with Crippen molar-refractivity contribution >= 4 is 10.8 Å². The lowest BCUT2D eigenvalue weighted by Crippen LogP contribution is -2.09. The summed E-state index contributed by atoms with van der Waals surface area (Å²) < 4.78 is 10.7. The maximum absolute atomic E-state index is 6.06. The van der Waals surface area contributed by atoms with Gasteiger partial charge in [0.05, 0.1) is 0 Å². The van der Waals surface area contributed by atoms with Crippen LogP contribution in [0.4, 0.5) is 0 Å². The molecule has 0 bridgehead atoms. The van der Waals surface area contributed by atoms with Gasteiger partial charge in [-0.2, -0.15) is 0 Å². The summed E-state index contributed by atoms with van der Waals surface area (Å²) in [6.45, 7) is 4.09. The highest BCUT2D eigenvalue weighted by Crippen LogP contribution is 2.33. The van der Waals surface area contributed by atoms with Crippen LogP contribution in [0, 0.1) is 6.92 Å². The first-order chi connectivity index (χ1) is 10.2. The highest BCUT2D eigenvalue weighted by atomic mass is 16.6. The van der Waals surface area contributed by atoms with Crippen molar-refractivity contribution < 1.29 is 9.37 Å². The molecule has 0 fully saturated rings. The molecular formula is C16H17N3O2. The second-order valence-electron chi connectivity index (χ2n) is 5.08. The van der Waals surface area contributed by atoms with Crippen molar-refractivity contribution in [2.45, 2.75) is 26.5 Å². The van der Waals surface area contributed by atoms with Crippen molar-refractivity contribution in [2.75, 3.05) is 0 Å². The van der Waals surface area contributed by atoms with Gasteiger partial charge in [0, 0.05) is 17.0 Å². The summed E-state index contributed by atoms with van der Waals surface area (Å²) in [5.41, 5.74) is 8.46. The SMILES string of the molecule is Cc1nonc1COc1c([C@@H](C)N)ccc2ccccc12. The summed E-state index contributed by atoms with van der Waals surface area (Å²) in [6, 6.07) is 12.0. The molecule has 108 valence electrons. The van der Waals surface area contributed by atoms with E-state index in [0.717, 1.165) is 27.8 Å². The molecule has 0 aliphatic rings. The largest absolute Gasteiger partial charge is 0.486 e. The van der Waals surface area contributed by atoms with Crippen molar-refractivity contribution in [1.29, 1.82) is 0 Å². The molecule has 0 saturated heterocycles. The van der Waals surface area contributed by atoms with E-state index < -0.39 is 0 Å². The minimum absolute atomic E-state index is 0.110. The van der Waals surface area contributed by atoms with Crippen LogP contribution in [0.5, 0.6) is 5.75 Å². The Kier molecular flexibility index (Phi) is 3.58. The number of nitrogens with two attached hydrogens (primary N) is 1. The highest BCUT2D eigenvalue weighted by Gasteiger charge is 2.14. The average molecular weight is 283 g/mol. The molecule has 0 radical (unpaired) electrons. The summed E-state index contributed by atoms with van der Waals surface area (Å²) in [6.07, 6.45) is 0. The lowest BCUT2D eigenvalue weighted by Gasteiger charge is -2.16. The minimum atomic E-state index is -0.110. The van der Waals surface area contributed by atoms with Crippen LogP contribution in [0.15, 0.2) is 41.0 Å². The Morgan fingerprint density at radius 3 is 2.71 bits per heavy atom. The fourth-order valence-corrected chi connectivity index (χ4v) is 2.30. The van der Waals surface area contributed by atoms with Crippen molar-refractivity contribution in [1.82, 2.24) is 10.3 Å². The third-order valence-corrected chi connectivity index (χ3v) is 3.50. The zero-order chi connectivity index (χ0) is 14.8. The Morgan fingerprint density at radius 1 is 1.19 bits per heavy atom. The van der Waals surface area contributed by atoms with E-state index in [4.69, 9.17) is 15.1 Å². The molecular weight excluding hydrogens is 266 g/mol. The van der Waals surface area contributed by atoms with E-state index in [2.05, 4.69) is 22.4 Å². The van der Waals surface area contributed by atoms with Crippen molar-refractivity contribution in [3.8, 4) is 5.75 Å². The zero-order valence-electron chi connectivity index (χ0n) is 12.0. The molecule has 2 N–H and O–H groups in total. The van der Waals surface area contributed by atoms with Crippen LogP contribution >= 0.6 is 0 Å². The molecule has 0 unspecified atom stereocenters. The fourth-order valence-electron chi connectivity index (χ4n) is 2.30. The summed E-state index contributed by atoms with van der Waals surface area (Å²) in [4.78, 5) is 0. The van der Waals surface area contributed by atoms with Crippen LogP contribution in [0.2, 0.25) is 0 Å². The summed E-state index contributed by atoms with van der Waals surface area (Å²) >= 11 is 0. The number of ether oxygens (including phenoxy) is 1. The summed E-state index contributed by atoms with van der Waals surface area (Å²) in [5.74, 6) is 0.797. The fraction of sp³-hybridized carbons (Fsp3) is 0.250. The molecule has 3 rings (SSSR count). The second-order valence-corrected chi connectivity index (χ2v) is 5.08. The Bertz CT molecular complexity index is 765. The van der Waals surface area contributed by atoms with Crippen LogP contribution < -0.4 is 10.5 Å². The van der Waals surface area contributed by atoms with E-state index in [1.807, 2.05) is 38.1 Å². The summed E-state index contributed by atoms with van der Waals surface area (Å²) in [5, 5.41) is 9.76. The number of hydrogen-bond acceptors (Lipinski definition) is 5. The van der Waals surface area contributed by atoms with Gasteiger partial charge in [0.15, 0.2) is 0 Å². The Hall–Kier alpha value is -2.40. The molecule has 21 heavy (non-hydrogen) atoms. The van der Waals surface area contributed by atoms with Gasteiger partial charge in [-0.3, -0.25) is 0 Å². The molecule has 0 spiro atoms. The lowest BCUT2D eigenvalue weighted by molar-refractivity contribution is 0.270. The van der Waals surface area contributed by atoms with Gasteiger partial charge >= 0.3 is 0 Å². The summed E-state index contributed by atoms with van der Waals surface area (Å²) in [7, 11) is 0. The minimum Gasteiger partial charge on any atom is -0.486 e. The first kappa shape index (κ1) is 13.6. The van der Waals surface area contributed by atoms with Crippen molar-refractivity contribution in [2.24, 2.45) is 5.73 Å². The van der Waals surface area contributed by atoms with Gasteiger partial charge in [0.2, 0.25) is 0 Å². The molecule has 1 aromatic heterocycles. The number of aromatic nitrogens is 2. The molecule has 2 aromatic carbocycles. The average Bonchev–Trinajstić information content (AvgIpc) is 2.89. The number of hydrogen-bond donors (Lipinski definition) is 1. The van der Waals surface area contributed by atoms with Gasteiger partial charge in [-0.1, -0.05) is 46.7 Å². The van der Waals surface area contributed by atoms with Crippen LogP contribution in [-0.2, 0) is 6.61 Å². The molecule has 3 aromatic rings. The molecule has 0 amide bonds. The van der Waals surface area contributed by atoms with E-state index >= 15 is 0 Å². The molecule has 0 aliphatic carbocycles. The lowest BCUT2D eigenvalue weighted by atomic mass is 10.0. The van der Waals surface area contributed by atoms with Gasteiger partial charge in [-0.15, -0.1) is 0 Å². The smallest absolute Gasteiger partial charge is 0.145 e. The highest BCUT2D eigenvalue weighted by molar-refractivity contribution is 5.89. The van der Waals surface area contributed by atoms with Crippen LogP contribution in [0.25, 0.3) is 10.8 Å². The number of benzene rings is 2. The van der Waals surface area contributed by atoms with Gasteiger partial charge in [-0.25, -0.2) is 4.63 Å². The molecule has 5 heteroatoms. The van der Waals surface area contributed by atoms with E-state index in [0.29, 0.717) is 12.3 Å². The van der Waals surface area contributed by atoms with Crippen LogP contribution in [-0.4, -0.2) is 10.3 Å². The molecule has 0 saturated carbocycles. The number of rotatable bonds is 4. The number of nitrogens with zero attached hydrogens (tertiary/aromatic N) is 2. The predicted octanol–water partition coefficient (Wildman–Crippen LogP) is 3.13. The second kappa shape index (κ2) is 5.54. The zero-order valence-corrected chi connectivity index (χ0v) is 12.0. The van der Waals surface area contributed by atoms with Crippen LogP contribution in [0.3, 0.4) is 0 Å².